The molecule has 0 aliphatic rings. The van der Waals surface area contributed by atoms with E-state index in [2.05, 4.69) is 12.2 Å². The van der Waals surface area contributed by atoms with E-state index in [0.717, 1.165) is 0 Å². The van der Waals surface area contributed by atoms with Gasteiger partial charge in [-0.1, -0.05) is 24.0 Å². The summed E-state index contributed by atoms with van der Waals surface area (Å²) in [4.78, 5) is 0. The van der Waals surface area contributed by atoms with Crippen LogP contribution in [0.2, 0.25) is 0 Å². The zero-order valence-electron chi connectivity index (χ0n) is 2.82. The third-order valence-electron chi connectivity index (χ3n) is 0.185. The molecule has 0 rings (SSSR count). The predicted octanol–water partition coefficient (Wildman–Crippen LogP) is 0.917. The Morgan fingerprint density at radius 2 is 2.20 bits per heavy atom. The van der Waals surface area contributed by atoms with E-state index >= 15 is 0 Å². The summed E-state index contributed by atoms with van der Waals surface area (Å²) in [6.07, 6.45) is 1.79. The van der Waals surface area contributed by atoms with E-state index in [4.69, 9.17) is 5.73 Å². The van der Waals surface area contributed by atoms with Gasteiger partial charge in [-0.15, -0.1) is 0 Å². The quantitative estimate of drug-likeness (QED) is 0.429. The van der Waals surface area contributed by atoms with E-state index in [1.165, 1.54) is 11.8 Å². The van der Waals surface area contributed by atoms with Gasteiger partial charge in [0.2, 0.25) is 0 Å². The van der Waals surface area contributed by atoms with Crippen LogP contribution in [0.1, 0.15) is 0 Å². The number of hydrogen-bond acceptors (Lipinski definition) is 2. The lowest BCUT2D eigenvalue weighted by Gasteiger charge is -1.75. The van der Waals surface area contributed by atoms with Crippen LogP contribution in [0.15, 0.2) is 0 Å². The number of thiocarbonyl (C=S) groups is 1. The van der Waals surface area contributed by atoms with Crippen LogP contribution in [0.4, 0.5) is 0 Å². The zero-order chi connectivity index (χ0) is 4.28. The first-order valence-electron chi connectivity index (χ1n) is 1.07. The molecule has 0 aromatic heterocycles. The van der Waals surface area contributed by atoms with Crippen molar-refractivity contribution in [2.75, 3.05) is 6.26 Å². The summed E-state index contributed by atoms with van der Waals surface area (Å²) in [6, 6.07) is 0. The monoisotopic (exact) mass is 106 g/mol. The molecular weight excluding hydrogens is 102 g/mol. The highest BCUT2D eigenvalue weighted by Gasteiger charge is 1.73. The Kier molecular flexibility index (Phi) is 2.59. The molecule has 0 atom stereocenters. The summed E-state index contributed by atoms with van der Waals surface area (Å²) in [5.41, 5.74) is 6.52. The van der Waals surface area contributed by atoms with Gasteiger partial charge in [-0.05, 0) is 6.26 Å². The van der Waals surface area contributed by atoms with Crippen molar-refractivity contribution in [2.45, 2.75) is 0 Å². The fraction of sp³-hybridized carbons (Fsp3) is 0.500. The van der Waals surface area contributed by atoms with Crippen molar-refractivity contribution in [1.82, 2.24) is 5.73 Å². The van der Waals surface area contributed by atoms with Crippen LogP contribution >= 0.6 is 24.0 Å². The van der Waals surface area contributed by atoms with Gasteiger partial charge in [-0.25, -0.2) is 0 Å². The van der Waals surface area contributed by atoms with Crippen LogP contribution in [0.5, 0.6) is 0 Å². The molecule has 0 spiro atoms. The largest absolute Gasteiger partial charge is 0.284 e. The van der Waals surface area contributed by atoms with E-state index in [0.29, 0.717) is 0 Å². The Morgan fingerprint density at radius 1 is 2.00 bits per heavy atom. The minimum Gasteiger partial charge on any atom is -0.284 e. The molecule has 5 heavy (non-hydrogen) atoms. The van der Waals surface area contributed by atoms with Crippen molar-refractivity contribution in [2.24, 2.45) is 0 Å². The van der Waals surface area contributed by atoms with Crippen LogP contribution in [0, 0.1) is 0 Å². The van der Waals surface area contributed by atoms with Crippen molar-refractivity contribution in [1.29, 1.82) is 0 Å². The summed E-state index contributed by atoms with van der Waals surface area (Å²) in [5.74, 6) is 0. The summed E-state index contributed by atoms with van der Waals surface area (Å²) in [5, 5.41) is 0. The minimum absolute atomic E-state index is 0.255. The maximum Gasteiger partial charge on any atom is 0.152 e. The maximum atomic E-state index is 6.52. The number of hydrogen-bond donors (Lipinski definition) is 0. The molecule has 0 saturated carbocycles. The lowest BCUT2D eigenvalue weighted by Crippen LogP contribution is -1.79. The highest BCUT2D eigenvalue weighted by atomic mass is 32.2. The van der Waals surface area contributed by atoms with Gasteiger partial charge < -0.3 is 0 Å². The van der Waals surface area contributed by atoms with Gasteiger partial charge in [-0.2, -0.15) is 0 Å². The molecule has 1 N–H and O–H groups in total. The molecule has 0 aliphatic heterocycles. The molecule has 1 nitrogen and oxygen atoms in total. The minimum atomic E-state index is 0.255. The third-order valence-corrected chi connectivity index (χ3v) is 1.06. The molecule has 0 aromatic carbocycles. The SMILES string of the molecule is CSC([NH])=S. The summed E-state index contributed by atoms with van der Waals surface area (Å²) in [6.45, 7) is 0. The van der Waals surface area contributed by atoms with E-state index in [1.807, 2.05) is 0 Å². The molecule has 29 valence electrons. The Morgan fingerprint density at radius 3 is 2.20 bits per heavy atom. The van der Waals surface area contributed by atoms with Crippen molar-refractivity contribution < 1.29 is 0 Å². The lowest BCUT2D eigenvalue weighted by molar-refractivity contribution is 1.79. The standard InChI is InChI=1S/C2H4NS2/c1-5-2(3)4/h3H,1H3. The Labute approximate surface area is 40.9 Å². The lowest BCUT2D eigenvalue weighted by atomic mass is 11.5. The molecular formula is C2H4NS2. The first kappa shape index (κ1) is 5.24. The zero-order valence-corrected chi connectivity index (χ0v) is 4.45. The highest BCUT2D eigenvalue weighted by molar-refractivity contribution is 8.22. The van der Waals surface area contributed by atoms with Crippen LogP contribution in [0.3, 0.4) is 0 Å². The van der Waals surface area contributed by atoms with Gasteiger partial charge in [0.25, 0.3) is 0 Å². The Hall–Kier alpha value is 0.240. The number of nitrogens with one attached hydrogen (secondary N) is 1. The van der Waals surface area contributed by atoms with Gasteiger partial charge in [0.15, 0.2) is 4.32 Å². The van der Waals surface area contributed by atoms with Gasteiger partial charge in [0.1, 0.15) is 0 Å². The van der Waals surface area contributed by atoms with Gasteiger partial charge in [-0.3, -0.25) is 5.73 Å². The second-order valence-corrected chi connectivity index (χ2v) is 1.97. The van der Waals surface area contributed by atoms with Gasteiger partial charge in [0, 0.05) is 0 Å². The molecule has 0 bridgehead atoms. The molecule has 0 heterocycles. The van der Waals surface area contributed by atoms with Crippen molar-refractivity contribution in [3.05, 3.63) is 0 Å². The molecule has 0 unspecified atom stereocenters. The van der Waals surface area contributed by atoms with Crippen LogP contribution in [-0.4, -0.2) is 10.6 Å². The molecule has 3 heteroatoms. The molecule has 0 aromatic rings. The fourth-order valence-electron chi connectivity index (χ4n) is 0. The van der Waals surface area contributed by atoms with Crippen LogP contribution in [0.25, 0.3) is 0 Å². The van der Waals surface area contributed by atoms with Gasteiger partial charge >= 0.3 is 0 Å². The topological polar surface area (TPSA) is 23.8 Å². The van der Waals surface area contributed by atoms with Crippen molar-refractivity contribution in [3.63, 3.8) is 0 Å². The van der Waals surface area contributed by atoms with E-state index in [9.17, 15) is 0 Å². The van der Waals surface area contributed by atoms with E-state index in [1.54, 1.807) is 6.26 Å². The van der Waals surface area contributed by atoms with Crippen LogP contribution < -0.4 is 5.73 Å². The van der Waals surface area contributed by atoms with Crippen molar-refractivity contribution in [3.8, 4) is 0 Å². The van der Waals surface area contributed by atoms with Gasteiger partial charge in [0.05, 0.1) is 0 Å². The number of rotatable bonds is 0. The molecule has 0 aliphatic carbocycles. The second-order valence-electron chi connectivity index (χ2n) is 0.492. The summed E-state index contributed by atoms with van der Waals surface area (Å²) >= 11 is 5.60. The normalized spacial score (nSPS) is 7.40. The highest BCUT2D eigenvalue weighted by Crippen LogP contribution is 1.88. The third kappa shape index (κ3) is 4.24. The predicted molar refractivity (Wildman–Crippen MR) is 29.2 cm³/mol. The van der Waals surface area contributed by atoms with E-state index in [-0.39, 0.29) is 4.32 Å². The first-order chi connectivity index (χ1) is 2.27. The first-order valence-corrected chi connectivity index (χ1v) is 2.70. The Balaban J connectivity index is 2.85. The average molecular weight is 106 g/mol. The summed E-state index contributed by atoms with van der Waals surface area (Å²) < 4.78 is 0.255. The summed E-state index contributed by atoms with van der Waals surface area (Å²) in [7, 11) is 0. The second kappa shape index (κ2) is 2.48. The average Bonchev–Trinajstić information content (AvgIpc) is 1.38. The van der Waals surface area contributed by atoms with Crippen molar-refractivity contribution >= 4 is 28.3 Å². The number of thioether (sulfide) groups is 1. The smallest absolute Gasteiger partial charge is 0.152 e. The molecule has 0 fully saturated rings. The fourth-order valence-corrected chi connectivity index (χ4v) is 0. The van der Waals surface area contributed by atoms with E-state index < -0.39 is 0 Å². The Bertz CT molecular complexity index is 42.9. The maximum absolute atomic E-state index is 6.52. The molecule has 1 radical (unpaired) electrons. The molecule has 0 saturated heterocycles. The molecule has 0 amide bonds. The van der Waals surface area contributed by atoms with Crippen LogP contribution in [-0.2, 0) is 0 Å².